The number of halogens is 1. The number of carboxylic acids is 1. The van der Waals surface area contributed by atoms with Crippen LogP contribution in [-0.2, 0) is 9.59 Å². The summed E-state index contributed by atoms with van der Waals surface area (Å²) in [6.45, 7) is 0.776. The quantitative estimate of drug-likeness (QED) is 0.875. The highest BCUT2D eigenvalue weighted by molar-refractivity contribution is 6.30. The molecule has 1 amide bonds. The summed E-state index contributed by atoms with van der Waals surface area (Å²) in [5, 5.41) is 9.61. The van der Waals surface area contributed by atoms with Crippen molar-refractivity contribution in [2.24, 2.45) is 11.8 Å². The first-order valence-corrected chi connectivity index (χ1v) is 7.23. The van der Waals surface area contributed by atoms with Gasteiger partial charge in [-0.25, -0.2) is 0 Å². The second-order valence-electron chi connectivity index (χ2n) is 5.19. The van der Waals surface area contributed by atoms with Crippen molar-refractivity contribution in [1.29, 1.82) is 0 Å². The average molecular weight is 312 g/mol. The maximum Gasteiger partial charge on any atom is 0.307 e. The molecule has 0 heterocycles. The van der Waals surface area contributed by atoms with E-state index in [0.29, 0.717) is 36.8 Å². The summed E-state index contributed by atoms with van der Waals surface area (Å²) >= 11 is 5.78. The van der Waals surface area contributed by atoms with E-state index in [9.17, 15) is 9.59 Å². The minimum Gasteiger partial charge on any atom is -0.492 e. The first-order chi connectivity index (χ1) is 9.99. The minimum absolute atomic E-state index is 0.117. The Kier molecular flexibility index (Phi) is 5.07. The molecule has 2 unspecified atom stereocenters. The van der Waals surface area contributed by atoms with Gasteiger partial charge in [-0.2, -0.15) is 0 Å². The first kappa shape index (κ1) is 15.6. The maximum atomic E-state index is 12.1. The van der Waals surface area contributed by atoms with Gasteiger partial charge < -0.3 is 14.7 Å². The van der Waals surface area contributed by atoms with Crippen molar-refractivity contribution in [3.8, 4) is 5.75 Å². The van der Waals surface area contributed by atoms with E-state index < -0.39 is 11.9 Å². The SMILES string of the molecule is CN(CCOc1ccc(Cl)cc1)C(=O)C1CCC1C(=O)O. The van der Waals surface area contributed by atoms with E-state index in [4.69, 9.17) is 21.4 Å². The van der Waals surface area contributed by atoms with Crippen LogP contribution in [0.2, 0.25) is 5.02 Å². The summed E-state index contributed by atoms with van der Waals surface area (Å²) in [4.78, 5) is 24.6. The number of carboxylic acid groups (broad SMARTS) is 1. The summed E-state index contributed by atoms with van der Waals surface area (Å²) in [6, 6.07) is 6.99. The Balaban J connectivity index is 1.76. The van der Waals surface area contributed by atoms with E-state index in [1.54, 1.807) is 31.3 Å². The first-order valence-electron chi connectivity index (χ1n) is 6.85. The third-order valence-corrected chi connectivity index (χ3v) is 4.05. The number of aliphatic carboxylic acids is 1. The number of carbonyl (C=O) groups excluding carboxylic acids is 1. The molecule has 1 aliphatic rings. The third-order valence-electron chi connectivity index (χ3n) is 3.79. The molecule has 0 bridgehead atoms. The molecular weight excluding hydrogens is 294 g/mol. The van der Waals surface area contributed by atoms with Crippen molar-refractivity contribution in [3.63, 3.8) is 0 Å². The molecule has 0 aromatic heterocycles. The number of ether oxygens (including phenoxy) is 1. The smallest absolute Gasteiger partial charge is 0.307 e. The molecule has 2 rings (SSSR count). The van der Waals surface area contributed by atoms with Gasteiger partial charge in [0.1, 0.15) is 12.4 Å². The van der Waals surface area contributed by atoms with E-state index in [1.165, 1.54) is 4.90 Å². The molecule has 0 saturated heterocycles. The molecule has 1 fully saturated rings. The zero-order chi connectivity index (χ0) is 15.4. The molecule has 0 aliphatic heterocycles. The van der Waals surface area contributed by atoms with Crippen molar-refractivity contribution in [1.82, 2.24) is 4.90 Å². The highest BCUT2D eigenvalue weighted by Crippen LogP contribution is 2.35. The molecule has 114 valence electrons. The number of hydrogen-bond acceptors (Lipinski definition) is 3. The molecule has 1 aliphatic carbocycles. The predicted octanol–water partition coefficient (Wildman–Crippen LogP) is 2.29. The largest absolute Gasteiger partial charge is 0.492 e. The second kappa shape index (κ2) is 6.80. The van der Waals surface area contributed by atoms with Gasteiger partial charge in [0, 0.05) is 12.1 Å². The fourth-order valence-electron chi connectivity index (χ4n) is 2.32. The van der Waals surface area contributed by atoms with Gasteiger partial charge in [0.05, 0.1) is 18.4 Å². The Bertz CT molecular complexity index is 517. The Labute approximate surface area is 128 Å². The summed E-state index contributed by atoms with van der Waals surface area (Å²) < 4.78 is 5.52. The van der Waals surface area contributed by atoms with Crippen molar-refractivity contribution >= 4 is 23.5 Å². The van der Waals surface area contributed by atoms with Crippen LogP contribution in [0.4, 0.5) is 0 Å². The molecule has 6 heteroatoms. The monoisotopic (exact) mass is 311 g/mol. The number of likely N-dealkylation sites (N-methyl/N-ethyl adjacent to an activating group) is 1. The van der Waals surface area contributed by atoms with Gasteiger partial charge in [0.2, 0.25) is 5.91 Å². The molecule has 0 spiro atoms. The van der Waals surface area contributed by atoms with E-state index in [2.05, 4.69) is 0 Å². The second-order valence-corrected chi connectivity index (χ2v) is 5.63. The number of hydrogen-bond donors (Lipinski definition) is 1. The summed E-state index contributed by atoms with van der Waals surface area (Å²) in [5.74, 6) is -1.23. The molecule has 2 atom stereocenters. The lowest BCUT2D eigenvalue weighted by Crippen LogP contribution is -2.45. The van der Waals surface area contributed by atoms with E-state index in [0.717, 1.165) is 0 Å². The van der Waals surface area contributed by atoms with Crippen LogP contribution in [0.1, 0.15) is 12.8 Å². The highest BCUT2D eigenvalue weighted by atomic mass is 35.5. The van der Waals surface area contributed by atoms with Gasteiger partial charge in [-0.3, -0.25) is 9.59 Å². The molecule has 1 N–H and O–H groups in total. The van der Waals surface area contributed by atoms with Crippen molar-refractivity contribution < 1.29 is 19.4 Å². The van der Waals surface area contributed by atoms with Gasteiger partial charge in [0.15, 0.2) is 0 Å². The van der Waals surface area contributed by atoms with E-state index in [1.807, 2.05) is 0 Å². The molecule has 0 radical (unpaired) electrons. The fraction of sp³-hybridized carbons (Fsp3) is 0.467. The van der Waals surface area contributed by atoms with Gasteiger partial charge in [-0.15, -0.1) is 0 Å². The third kappa shape index (κ3) is 3.88. The van der Waals surface area contributed by atoms with Crippen molar-refractivity contribution in [2.45, 2.75) is 12.8 Å². The maximum absolute atomic E-state index is 12.1. The van der Waals surface area contributed by atoms with Gasteiger partial charge in [-0.1, -0.05) is 11.6 Å². The van der Waals surface area contributed by atoms with Crippen LogP contribution in [0.25, 0.3) is 0 Å². The van der Waals surface area contributed by atoms with Crippen LogP contribution >= 0.6 is 11.6 Å². The Hall–Kier alpha value is -1.75. The number of amides is 1. The fourth-order valence-corrected chi connectivity index (χ4v) is 2.44. The topological polar surface area (TPSA) is 66.8 Å². The summed E-state index contributed by atoms with van der Waals surface area (Å²) in [5.41, 5.74) is 0. The summed E-state index contributed by atoms with van der Waals surface area (Å²) in [6.07, 6.45) is 1.24. The van der Waals surface area contributed by atoms with Crippen molar-refractivity contribution in [2.75, 3.05) is 20.2 Å². The number of benzene rings is 1. The number of carbonyl (C=O) groups is 2. The molecule has 1 saturated carbocycles. The number of rotatable bonds is 6. The zero-order valence-corrected chi connectivity index (χ0v) is 12.5. The van der Waals surface area contributed by atoms with E-state index in [-0.39, 0.29) is 11.8 Å². The van der Waals surface area contributed by atoms with Gasteiger partial charge in [0.25, 0.3) is 0 Å². The van der Waals surface area contributed by atoms with Crippen LogP contribution in [-0.4, -0.2) is 42.1 Å². The molecule has 1 aromatic rings. The predicted molar refractivity (Wildman–Crippen MR) is 78.4 cm³/mol. The van der Waals surface area contributed by atoms with Crippen LogP contribution in [0.5, 0.6) is 5.75 Å². The Morgan fingerprint density at radius 2 is 1.90 bits per heavy atom. The minimum atomic E-state index is -0.884. The zero-order valence-electron chi connectivity index (χ0n) is 11.8. The normalized spacial score (nSPS) is 20.5. The van der Waals surface area contributed by atoms with Crippen LogP contribution in [0, 0.1) is 11.8 Å². The average Bonchev–Trinajstić information content (AvgIpc) is 2.38. The molecule has 21 heavy (non-hydrogen) atoms. The number of nitrogens with zero attached hydrogens (tertiary/aromatic N) is 1. The van der Waals surface area contributed by atoms with E-state index >= 15 is 0 Å². The van der Waals surface area contributed by atoms with Crippen molar-refractivity contribution in [3.05, 3.63) is 29.3 Å². The lowest BCUT2D eigenvalue weighted by molar-refractivity contribution is -0.156. The Morgan fingerprint density at radius 1 is 1.29 bits per heavy atom. The van der Waals surface area contributed by atoms with Crippen LogP contribution in [0.3, 0.4) is 0 Å². The Morgan fingerprint density at radius 3 is 2.43 bits per heavy atom. The lowest BCUT2D eigenvalue weighted by atomic mass is 9.73. The molecular formula is C15H18ClNO4. The van der Waals surface area contributed by atoms with Crippen LogP contribution in [0.15, 0.2) is 24.3 Å². The van der Waals surface area contributed by atoms with Gasteiger partial charge in [-0.05, 0) is 37.1 Å². The highest BCUT2D eigenvalue weighted by Gasteiger charge is 2.42. The standard InChI is InChI=1S/C15H18ClNO4/c1-17(14(18)12-6-7-13(12)15(19)20)8-9-21-11-4-2-10(16)3-5-11/h2-5,12-13H,6-9H2,1H3,(H,19,20). The molecule has 1 aromatic carbocycles. The van der Waals surface area contributed by atoms with Crippen LogP contribution < -0.4 is 4.74 Å². The molecule has 5 nitrogen and oxygen atoms in total. The summed E-state index contributed by atoms with van der Waals surface area (Å²) in [7, 11) is 1.67. The lowest BCUT2D eigenvalue weighted by Gasteiger charge is -2.34. The van der Waals surface area contributed by atoms with Gasteiger partial charge >= 0.3 is 5.97 Å².